The van der Waals surface area contributed by atoms with Gasteiger partial charge in [-0.1, -0.05) is 111 Å². The Labute approximate surface area is 452 Å². The molecule has 0 spiro atoms. The number of amides is 2. The first-order chi connectivity index (χ1) is 36.9. The lowest BCUT2D eigenvalue weighted by Crippen LogP contribution is -2.65. The van der Waals surface area contributed by atoms with Gasteiger partial charge in [-0.25, -0.2) is 0 Å². The maximum atomic E-state index is 13.6. The number of carbonyl (C=O) groups excluding carboxylic acids is 2. The SMILES string of the molecule is CCCCCCCCCCC(=O)NCC(CNC(=O)CCCCCCCCCC)(CO[C@H]1OC(CO)[C@H](O[C@H]2OC(CO)[C@H](C)C(O)[C@H]2O)C(O)[C@H]1O)CO[C@H]1OC(CO)[C@H](O[C@H]2OC(CO)[C@H](O)C(O)[C@H]2O)C(O)[C@H]1O. The molecule has 15 N–H and O–H groups in total. The van der Waals surface area contributed by atoms with Gasteiger partial charge in [-0.3, -0.25) is 9.59 Å². The minimum atomic E-state index is -1.97. The second-order valence-corrected chi connectivity index (χ2v) is 21.5. The van der Waals surface area contributed by atoms with Crippen molar-refractivity contribution in [2.75, 3.05) is 52.7 Å². The van der Waals surface area contributed by atoms with Crippen molar-refractivity contribution in [3.05, 3.63) is 0 Å². The molecular weight excluding hydrogens is 1020 g/mol. The van der Waals surface area contributed by atoms with Gasteiger partial charge in [0.15, 0.2) is 25.2 Å². The monoisotopic (exact) mass is 1120 g/mol. The van der Waals surface area contributed by atoms with Crippen molar-refractivity contribution in [1.29, 1.82) is 0 Å². The molecule has 0 radical (unpaired) electrons. The minimum absolute atomic E-state index is 0.146. The molecule has 0 aromatic carbocycles. The van der Waals surface area contributed by atoms with E-state index in [1.807, 2.05) is 0 Å². The molecule has 77 heavy (non-hydrogen) atoms. The topological polar surface area (TPSA) is 395 Å². The molecule has 0 saturated carbocycles. The molecule has 25 nitrogen and oxygen atoms in total. The molecule has 0 aliphatic carbocycles. The quantitative estimate of drug-likeness (QED) is 0.0297. The van der Waals surface area contributed by atoms with E-state index in [0.29, 0.717) is 12.8 Å². The molecule has 4 aliphatic rings. The predicted molar refractivity (Wildman–Crippen MR) is 271 cm³/mol. The molecule has 0 aromatic rings. The highest BCUT2D eigenvalue weighted by molar-refractivity contribution is 5.76. The van der Waals surface area contributed by atoms with E-state index in [0.717, 1.165) is 89.9 Å². The fourth-order valence-corrected chi connectivity index (χ4v) is 10.0. The number of hydrogen-bond donors (Lipinski definition) is 15. The van der Waals surface area contributed by atoms with Crippen LogP contribution in [0.2, 0.25) is 0 Å². The van der Waals surface area contributed by atoms with Crippen LogP contribution in [-0.4, -0.2) is 248 Å². The Morgan fingerprint density at radius 3 is 1.14 bits per heavy atom. The Morgan fingerprint density at radius 2 is 0.753 bits per heavy atom. The van der Waals surface area contributed by atoms with E-state index in [-0.39, 0.29) is 37.7 Å². The van der Waals surface area contributed by atoms with Crippen LogP contribution < -0.4 is 10.6 Å². The van der Waals surface area contributed by atoms with Crippen molar-refractivity contribution in [3.8, 4) is 0 Å². The van der Waals surface area contributed by atoms with Gasteiger partial charge in [0.1, 0.15) is 79.4 Å². The Balaban J connectivity index is 1.58. The number of aliphatic hydroxyl groups excluding tert-OH is 13. The zero-order valence-electron chi connectivity index (χ0n) is 45.3. The average Bonchev–Trinajstić information content (AvgIpc) is 3.43. The molecule has 0 aromatic heterocycles. The van der Waals surface area contributed by atoms with E-state index in [1.54, 1.807) is 6.92 Å². The third kappa shape index (κ3) is 20.2. The second-order valence-electron chi connectivity index (χ2n) is 21.5. The predicted octanol–water partition coefficient (Wildman–Crippen LogP) is -2.18. The Kier molecular flexibility index (Phi) is 30.9. The van der Waals surface area contributed by atoms with Gasteiger partial charge in [-0.2, -0.15) is 0 Å². The normalized spacial score (nSPS) is 35.9. The van der Waals surface area contributed by atoms with Crippen LogP contribution in [0.4, 0.5) is 0 Å². The van der Waals surface area contributed by atoms with E-state index in [1.165, 1.54) is 0 Å². The Bertz CT molecular complexity index is 1510. The van der Waals surface area contributed by atoms with Crippen LogP contribution >= 0.6 is 0 Å². The highest BCUT2D eigenvalue weighted by Gasteiger charge is 2.53. The van der Waals surface area contributed by atoms with Crippen molar-refractivity contribution in [3.63, 3.8) is 0 Å². The summed E-state index contributed by atoms with van der Waals surface area (Å²) in [5.41, 5.74) is -1.56. The van der Waals surface area contributed by atoms with Crippen LogP contribution in [0.1, 0.15) is 136 Å². The number of rotatable bonds is 36. The molecule has 8 unspecified atom stereocenters. The highest BCUT2D eigenvalue weighted by Crippen LogP contribution is 2.34. The van der Waals surface area contributed by atoms with E-state index in [9.17, 15) is 76.0 Å². The number of unbranched alkanes of at least 4 members (excludes halogenated alkanes) is 14. The maximum Gasteiger partial charge on any atom is 0.220 e. The molecule has 0 bridgehead atoms. The van der Waals surface area contributed by atoms with Crippen LogP contribution in [0.5, 0.6) is 0 Å². The summed E-state index contributed by atoms with van der Waals surface area (Å²) in [6.45, 7) is 1.12. The molecule has 4 rings (SSSR count). The molecule has 2 amide bonds. The number of hydrogen-bond acceptors (Lipinski definition) is 23. The largest absolute Gasteiger partial charge is 0.394 e. The lowest BCUT2D eigenvalue weighted by molar-refractivity contribution is -0.363. The van der Waals surface area contributed by atoms with Gasteiger partial charge in [-0.15, -0.1) is 0 Å². The maximum absolute atomic E-state index is 13.6. The van der Waals surface area contributed by atoms with Crippen molar-refractivity contribution < 1.29 is 114 Å². The number of ether oxygens (including phenoxy) is 8. The zero-order chi connectivity index (χ0) is 56.7. The molecule has 4 aliphatic heterocycles. The van der Waals surface area contributed by atoms with E-state index < -0.39 is 168 Å². The minimum Gasteiger partial charge on any atom is -0.394 e. The first-order valence-electron chi connectivity index (χ1n) is 28.2. The van der Waals surface area contributed by atoms with Gasteiger partial charge < -0.3 is 115 Å². The highest BCUT2D eigenvalue weighted by atomic mass is 16.8. The summed E-state index contributed by atoms with van der Waals surface area (Å²) >= 11 is 0. The van der Waals surface area contributed by atoms with Crippen LogP contribution in [0.15, 0.2) is 0 Å². The van der Waals surface area contributed by atoms with Crippen molar-refractivity contribution in [2.45, 2.75) is 253 Å². The number of carbonyl (C=O) groups is 2. The third-order valence-corrected chi connectivity index (χ3v) is 15.3. The van der Waals surface area contributed by atoms with Gasteiger partial charge in [0.25, 0.3) is 0 Å². The third-order valence-electron chi connectivity index (χ3n) is 15.3. The van der Waals surface area contributed by atoms with Gasteiger partial charge in [-0.05, 0) is 12.8 Å². The van der Waals surface area contributed by atoms with Crippen molar-refractivity contribution in [2.24, 2.45) is 11.3 Å². The van der Waals surface area contributed by atoms with Crippen LogP contribution in [0, 0.1) is 11.3 Å². The molecule has 4 heterocycles. The standard InChI is InChI=1S/C52H96N2O23/c1-4-6-8-10-12-14-16-18-20-35(59)53-26-52(27-54-36(60)21-19-17-15-13-11-9-7-5-2,28-70-48-44(68)40(64)46(33(24-57)74-48)76-50-42(66)37(61)30(3)31(22-55)72-50)29-71-49-45(69)41(65)47(34(25-58)75-49)77-51-43(67)39(63)38(62)32(23-56)73-51/h30-34,37-51,55-58,61-69H,4-29H2,1-3H3,(H,53,59)(H,54,60)/t30-,31?,32?,33?,34?,37?,38-,39?,40?,41?,42+,43+,44+,45+,46-,47-,48-,49-,50+,51+/m0/s1. The van der Waals surface area contributed by atoms with Crippen molar-refractivity contribution >= 4 is 11.8 Å². The summed E-state index contributed by atoms with van der Waals surface area (Å²) < 4.78 is 46.8. The first kappa shape index (κ1) is 67.6. The van der Waals surface area contributed by atoms with Gasteiger partial charge in [0.05, 0.1) is 57.3 Å². The summed E-state index contributed by atoms with van der Waals surface area (Å²) in [5.74, 6) is -1.43. The second kappa shape index (κ2) is 35.2. The Hall–Kier alpha value is -1.90. The van der Waals surface area contributed by atoms with Crippen LogP contribution in [-0.2, 0) is 47.5 Å². The summed E-state index contributed by atoms with van der Waals surface area (Å²) in [4.78, 5) is 27.1. The first-order valence-corrected chi connectivity index (χ1v) is 28.2. The molecule has 4 fully saturated rings. The van der Waals surface area contributed by atoms with Crippen LogP contribution in [0.25, 0.3) is 0 Å². The van der Waals surface area contributed by atoms with E-state index in [4.69, 9.17) is 37.9 Å². The summed E-state index contributed by atoms with van der Waals surface area (Å²) in [7, 11) is 0. The summed E-state index contributed by atoms with van der Waals surface area (Å²) in [6.07, 6.45) is -15.7. The summed E-state index contributed by atoms with van der Waals surface area (Å²) in [6, 6.07) is 0. The fraction of sp³-hybridized carbons (Fsp3) is 0.962. The zero-order valence-corrected chi connectivity index (χ0v) is 45.3. The fourth-order valence-electron chi connectivity index (χ4n) is 10.0. The van der Waals surface area contributed by atoms with E-state index >= 15 is 0 Å². The Morgan fingerprint density at radius 1 is 0.416 bits per heavy atom. The summed E-state index contributed by atoms with van der Waals surface area (Å²) in [5, 5.41) is 145. The van der Waals surface area contributed by atoms with Crippen LogP contribution in [0.3, 0.4) is 0 Å². The average molecular weight is 1120 g/mol. The molecule has 20 atom stereocenters. The van der Waals surface area contributed by atoms with Gasteiger partial charge in [0, 0.05) is 31.8 Å². The molecule has 25 heteroatoms. The molecule has 452 valence electrons. The lowest BCUT2D eigenvalue weighted by atomic mass is 9.88. The lowest BCUT2D eigenvalue weighted by Gasteiger charge is -2.47. The van der Waals surface area contributed by atoms with Gasteiger partial charge in [0.2, 0.25) is 11.8 Å². The van der Waals surface area contributed by atoms with E-state index in [2.05, 4.69) is 24.5 Å². The molecular formula is C52H96N2O23. The van der Waals surface area contributed by atoms with Crippen molar-refractivity contribution in [1.82, 2.24) is 10.6 Å². The van der Waals surface area contributed by atoms with Gasteiger partial charge >= 0.3 is 0 Å². The molecule has 4 saturated heterocycles. The number of nitrogens with one attached hydrogen (secondary N) is 2. The number of aliphatic hydroxyl groups is 13. The smallest absolute Gasteiger partial charge is 0.220 e.